The third kappa shape index (κ3) is 9.66. The van der Waals surface area contributed by atoms with Gasteiger partial charge in [-0.3, -0.25) is 6.08 Å². The second-order valence-corrected chi connectivity index (χ2v) is 15.7. The zero-order chi connectivity index (χ0) is 35.1. The van der Waals surface area contributed by atoms with Gasteiger partial charge in [0.1, 0.15) is 0 Å². The second kappa shape index (κ2) is 16.4. The van der Waals surface area contributed by atoms with Gasteiger partial charge < -0.3 is 0 Å². The zero-order valence-corrected chi connectivity index (χ0v) is 33.2. The maximum Gasteiger partial charge on any atom is -0.0129 e. The molecule has 0 fully saturated rings. The molecule has 0 aromatic heterocycles. The third-order valence-electron chi connectivity index (χ3n) is 8.57. The summed E-state index contributed by atoms with van der Waals surface area (Å²) in [6.45, 7) is 23.6. The standard InChI is InChI=1S/C23H29.C17H18O2.C5H5.Zr/c1-14-9-16-11-17-10-15(2)21(23(6,7)8)13-19(17)18(16)12-20(14)22(3,4)5;1-3-18-16-9-5-14(6-10-16)13-15-7-11-17(12-8-15)19-4-2;1-2-4-5-3-1;/h9,12-13H,11H2,1-8H3;5-12H,3-4H2,1-2H3;1-3H,4H2;/q-1;;-1;+2. The van der Waals surface area contributed by atoms with E-state index in [9.17, 15) is 0 Å². The van der Waals surface area contributed by atoms with E-state index in [1.165, 1.54) is 83.1 Å². The molecular weight excluding hydrogens is 664 g/mol. The van der Waals surface area contributed by atoms with Crippen LogP contribution in [0.5, 0.6) is 11.5 Å². The summed E-state index contributed by atoms with van der Waals surface area (Å²) in [4.78, 5) is 0. The van der Waals surface area contributed by atoms with Crippen LogP contribution < -0.4 is 9.47 Å². The van der Waals surface area contributed by atoms with Crippen LogP contribution in [0.2, 0.25) is 0 Å². The molecule has 2 nitrogen and oxygen atoms in total. The van der Waals surface area contributed by atoms with Crippen LogP contribution in [0.3, 0.4) is 0 Å². The molecule has 4 aromatic rings. The van der Waals surface area contributed by atoms with Crippen LogP contribution in [0.1, 0.15) is 106 Å². The summed E-state index contributed by atoms with van der Waals surface area (Å²) >= 11 is 1.40. The Bertz CT molecular complexity index is 1630. The first-order chi connectivity index (χ1) is 22.7. The maximum absolute atomic E-state index is 5.47. The Morgan fingerprint density at radius 1 is 0.729 bits per heavy atom. The van der Waals surface area contributed by atoms with Gasteiger partial charge in [-0.1, -0.05) is 71.6 Å². The van der Waals surface area contributed by atoms with Crippen molar-refractivity contribution < 1.29 is 33.7 Å². The average molecular weight is 716 g/mol. The number of allylic oxidation sites excluding steroid dienone is 4. The molecule has 0 heterocycles. The number of aryl methyl sites for hydroxylation is 2. The fourth-order valence-electron chi connectivity index (χ4n) is 6.30. The van der Waals surface area contributed by atoms with Crippen molar-refractivity contribution in [2.24, 2.45) is 0 Å². The fourth-order valence-corrected chi connectivity index (χ4v) is 7.12. The van der Waals surface area contributed by atoms with Gasteiger partial charge in [-0.15, -0.1) is 23.1 Å². The van der Waals surface area contributed by atoms with E-state index in [0.29, 0.717) is 13.2 Å². The molecule has 0 bridgehead atoms. The molecule has 0 N–H and O–H groups in total. The van der Waals surface area contributed by atoms with Gasteiger partial charge in [0.15, 0.2) is 0 Å². The summed E-state index contributed by atoms with van der Waals surface area (Å²) < 4.78 is 12.3. The van der Waals surface area contributed by atoms with Crippen LogP contribution >= 0.6 is 0 Å². The van der Waals surface area contributed by atoms with E-state index in [-0.39, 0.29) is 10.8 Å². The Hall–Kier alpha value is -3.29. The normalized spacial score (nSPS) is 12.8. The first-order valence-corrected chi connectivity index (χ1v) is 18.4. The first kappa shape index (κ1) is 37.5. The number of hydrogen-bond donors (Lipinski definition) is 0. The second-order valence-electron chi connectivity index (χ2n) is 14.5. The summed E-state index contributed by atoms with van der Waals surface area (Å²) in [5.41, 5.74) is 14.1. The van der Waals surface area contributed by atoms with Crippen molar-refractivity contribution in [3.8, 4) is 22.6 Å². The molecule has 0 spiro atoms. The van der Waals surface area contributed by atoms with Crippen LogP contribution in [0, 0.1) is 26.0 Å². The van der Waals surface area contributed by atoms with Gasteiger partial charge in [-0.25, -0.2) is 12.2 Å². The number of ether oxygens (including phenoxy) is 2. The van der Waals surface area contributed by atoms with E-state index in [4.69, 9.17) is 9.47 Å². The minimum absolute atomic E-state index is 0.163. The SMILES string of the molecule is CCOc1ccc([C](=[Zr+2])c2ccc(OCC)cc2)cc1.Cc1[c-]c2c(cc1C(C)(C)C)-c1cc(C(C)(C)C)c(C)cc1C2.[C-]1=CC=CC1. The third-order valence-corrected chi connectivity index (χ3v) is 9.99. The molecule has 6 rings (SSSR count). The number of rotatable bonds is 6. The van der Waals surface area contributed by atoms with Crippen LogP contribution in [-0.2, 0) is 41.5 Å². The zero-order valence-electron chi connectivity index (χ0n) is 30.7. The van der Waals surface area contributed by atoms with Crippen LogP contribution in [0.4, 0.5) is 0 Å². The topological polar surface area (TPSA) is 18.5 Å². The van der Waals surface area contributed by atoms with Gasteiger partial charge >= 0.3 is 135 Å². The molecule has 4 aromatic carbocycles. The predicted octanol–water partition coefficient (Wildman–Crippen LogP) is 11.2. The van der Waals surface area contributed by atoms with Crippen molar-refractivity contribution in [2.75, 3.05) is 13.2 Å². The van der Waals surface area contributed by atoms with E-state index in [0.717, 1.165) is 24.3 Å². The largest absolute Gasteiger partial charge is 0.273 e. The Labute approximate surface area is 305 Å². The Balaban J connectivity index is 0.000000190. The van der Waals surface area contributed by atoms with E-state index in [1.54, 1.807) is 0 Å². The van der Waals surface area contributed by atoms with E-state index >= 15 is 0 Å². The van der Waals surface area contributed by atoms with Gasteiger partial charge in [-0.05, 0) is 35.4 Å². The molecule has 0 unspecified atom stereocenters. The van der Waals surface area contributed by atoms with Crippen molar-refractivity contribution in [2.45, 2.75) is 92.9 Å². The smallest absolute Gasteiger partial charge is 0.0129 e. The molecule has 248 valence electrons. The van der Waals surface area contributed by atoms with Crippen molar-refractivity contribution >= 4 is 3.21 Å². The quantitative estimate of drug-likeness (QED) is 0.163. The van der Waals surface area contributed by atoms with Crippen LogP contribution in [-0.4, -0.2) is 16.4 Å². The molecule has 2 aliphatic rings. The molecule has 0 aliphatic heterocycles. The molecule has 0 atom stereocenters. The first-order valence-electron chi connectivity index (χ1n) is 17.2. The molecule has 3 heteroatoms. The predicted molar refractivity (Wildman–Crippen MR) is 200 cm³/mol. The molecule has 0 saturated heterocycles. The summed E-state index contributed by atoms with van der Waals surface area (Å²) in [5, 5.41) is 0. The molecule has 0 amide bonds. The van der Waals surface area contributed by atoms with Crippen molar-refractivity contribution in [1.29, 1.82) is 0 Å². The minimum Gasteiger partial charge on any atom is -0.273 e. The van der Waals surface area contributed by atoms with Crippen molar-refractivity contribution in [3.63, 3.8) is 0 Å². The molecule has 0 saturated carbocycles. The van der Waals surface area contributed by atoms with E-state index in [2.05, 4.69) is 116 Å². The monoisotopic (exact) mass is 714 g/mol. The molecule has 48 heavy (non-hydrogen) atoms. The molecule has 2 aliphatic carbocycles. The Morgan fingerprint density at radius 3 is 1.67 bits per heavy atom. The van der Waals surface area contributed by atoms with Gasteiger partial charge in [0.2, 0.25) is 0 Å². The van der Waals surface area contributed by atoms with Crippen molar-refractivity contribution in [3.05, 3.63) is 142 Å². The number of benzene rings is 4. The number of fused-ring (bicyclic) bond motifs is 3. The summed E-state index contributed by atoms with van der Waals surface area (Å²) in [7, 11) is 0. The van der Waals surface area contributed by atoms with Gasteiger partial charge in [0, 0.05) is 0 Å². The van der Waals surface area contributed by atoms with Gasteiger partial charge in [-0.2, -0.15) is 23.8 Å². The van der Waals surface area contributed by atoms with E-state index < -0.39 is 0 Å². The molecule has 0 radical (unpaired) electrons. The van der Waals surface area contributed by atoms with Crippen LogP contribution in [0.15, 0.2) is 85.0 Å². The number of hydrogen-bond acceptors (Lipinski definition) is 2. The summed E-state index contributed by atoms with van der Waals surface area (Å²) in [6.07, 6.45) is 11.0. The van der Waals surface area contributed by atoms with Gasteiger partial charge in [0.05, 0.1) is 0 Å². The average Bonchev–Trinajstić information content (AvgIpc) is 3.72. The van der Waals surface area contributed by atoms with Crippen molar-refractivity contribution in [1.82, 2.24) is 0 Å². The summed E-state index contributed by atoms with van der Waals surface area (Å²) in [5.74, 6) is 1.85. The minimum atomic E-state index is 0.163. The van der Waals surface area contributed by atoms with Gasteiger partial charge in [0.25, 0.3) is 0 Å². The van der Waals surface area contributed by atoms with Crippen LogP contribution in [0.25, 0.3) is 11.1 Å². The summed E-state index contributed by atoms with van der Waals surface area (Å²) in [6, 6.07) is 27.5. The van der Waals surface area contributed by atoms with E-state index in [1.807, 2.05) is 50.3 Å². The molecular formula is C45H52O2Zr. The Kier molecular flexibility index (Phi) is 12.8. The Morgan fingerprint density at radius 2 is 1.25 bits per heavy atom. The fraction of sp³-hybridized carbons (Fsp3) is 0.356. The maximum atomic E-state index is 5.47.